The van der Waals surface area contributed by atoms with Gasteiger partial charge in [-0.2, -0.15) is 0 Å². The molecule has 0 heterocycles. The lowest BCUT2D eigenvalue weighted by atomic mass is 9.87. The Hall–Kier alpha value is -2.41. The van der Waals surface area contributed by atoms with Gasteiger partial charge in [0.15, 0.2) is 6.10 Å². The van der Waals surface area contributed by atoms with Crippen LogP contribution in [0.3, 0.4) is 0 Å². The highest BCUT2D eigenvalue weighted by atomic mass is 16.6. The molecule has 0 amide bonds. The SMILES string of the molecule is CCCCCCCCCCCCCCCC(=O)OCC(COC(=O)CCCCCCCCCCCCCCC)OC(=O)C(C)(C)CCCCCCCCOCc1ccccc1. The Labute approximate surface area is 376 Å². The van der Waals surface area contributed by atoms with E-state index in [9.17, 15) is 14.4 Å². The minimum Gasteiger partial charge on any atom is -0.462 e. The lowest BCUT2D eigenvalue weighted by molar-refractivity contribution is -0.173. The quantitative estimate of drug-likeness (QED) is 0.0367. The van der Waals surface area contributed by atoms with Gasteiger partial charge >= 0.3 is 17.9 Å². The molecule has 0 atom stereocenters. The van der Waals surface area contributed by atoms with Crippen molar-refractivity contribution < 1.29 is 33.3 Å². The van der Waals surface area contributed by atoms with Gasteiger partial charge in [-0.05, 0) is 45.1 Å². The summed E-state index contributed by atoms with van der Waals surface area (Å²) in [5.74, 6) is -0.915. The third-order valence-electron chi connectivity index (χ3n) is 12.1. The van der Waals surface area contributed by atoms with E-state index in [-0.39, 0.29) is 31.1 Å². The summed E-state index contributed by atoms with van der Waals surface area (Å²) in [4.78, 5) is 38.8. The average molecular weight is 857 g/mol. The lowest BCUT2D eigenvalue weighted by Crippen LogP contribution is -2.36. The van der Waals surface area contributed by atoms with Crippen molar-refractivity contribution in [1.29, 1.82) is 0 Å². The second-order valence-electron chi connectivity index (χ2n) is 18.7. The van der Waals surface area contributed by atoms with E-state index in [0.717, 1.165) is 83.7 Å². The van der Waals surface area contributed by atoms with Crippen LogP contribution in [0, 0.1) is 5.41 Å². The largest absolute Gasteiger partial charge is 0.462 e. The summed E-state index contributed by atoms with van der Waals surface area (Å²) in [5, 5.41) is 0. The van der Waals surface area contributed by atoms with Gasteiger partial charge in [0.1, 0.15) is 13.2 Å². The van der Waals surface area contributed by atoms with Crippen LogP contribution in [0.2, 0.25) is 0 Å². The van der Waals surface area contributed by atoms with Crippen molar-refractivity contribution in [1.82, 2.24) is 0 Å². The highest BCUT2D eigenvalue weighted by Gasteiger charge is 2.32. The van der Waals surface area contributed by atoms with E-state index in [0.29, 0.717) is 25.9 Å². The molecule has 61 heavy (non-hydrogen) atoms. The number of esters is 3. The number of hydrogen-bond acceptors (Lipinski definition) is 7. The maximum absolute atomic E-state index is 13.4. The smallest absolute Gasteiger partial charge is 0.312 e. The van der Waals surface area contributed by atoms with E-state index in [4.69, 9.17) is 18.9 Å². The fourth-order valence-corrected chi connectivity index (χ4v) is 7.86. The van der Waals surface area contributed by atoms with Crippen LogP contribution in [0.25, 0.3) is 0 Å². The highest BCUT2D eigenvalue weighted by Crippen LogP contribution is 2.27. The molecule has 0 aliphatic rings. The Morgan fingerprint density at radius 3 is 1.25 bits per heavy atom. The lowest BCUT2D eigenvalue weighted by Gasteiger charge is -2.26. The van der Waals surface area contributed by atoms with Crippen molar-refractivity contribution in [3.8, 4) is 0 Å². The number of hydrogen-bond donors (Lipinski definition) is 0. The van der Waals surface area contributed by atoms with E-state index < -0.39 is 11.5 Å². The summed E-state index contributed by atoms with van der Waals surface area (Å²) in [7, 11) is 0. The van der Waals surface area contributed by atoms with Gasteiger partial charge < -0.3 is 18.9 Å². The molecule has 0 spiro atoms. The summed E-state index contributed by atoms with van der Waals surface area (Å²) in [6.45, 7) is 9.60. The first kappa shape index (κ1) is 56.6. The maximum Gasteiger partial charge on any atom is 0.312 e. The minimum atomic E-state index is -0.818. The molecule has 0 N–H and O–H groups in total. The molecular formula is C54H96O7. The van der Waals surface area contributed by atoms with Crippen molar-refractivity contribution in [3.05, 3.63) is 35.9 Å². The standard InChI is InChI=1S/C54H96O7/c1-5-7-9-11-13-15-17-19-21-23-25-29-36-42-51(55)59-47-50(48-60-52(56)43-37-30-26-24-22-20-18-16-14-12-10-8-6-2)61-53(57)54(3,4)44-38-31-27-28-32-39-45-58-46-49-40-34-33-35-41-49/h33-35,40-41,50H,5-32,36-39,42-48H2,1-4H3. The minimum absolute atomic E-state index is 0.0970. The molecule has 1 aromatic carbocycles. The third-order valence-corrected chi connectivity index (χ3v) is 12.1. The molecule has 0 bridgehead atoms. The van der Waals surface area contributed by atoms with Crippen LogP contribution in [-0.2, 0) is 39.9 Å². The van der Waals surface area contributed by atoms with E-state index in [1.807, 2.05) is 32.0 Å². The fraction of sp³-hybridized carbons (Fsp3) is 0.833. The van der Waals surface area contributed by atoms with Crippen LogP contribution in [0.5, 0.6) is 0 Å². The summed E-state index contributed by atoms with van der Waals surface area (Å²) in [6, 6.07) is 10.3. The van der Waals surface area contributed by atoms with Crippen LogP contribution in [0.1, 0.15) is 258 Å². The Morgan fingerprint density at radius 2 is 0.836 bits per heavy atom. The van der Waals surface area contributed by atoms with Crippen LogP contribution in [0.4, 0.5) is 0 Å². The van der Waals surface area contributed by atoms with Gasteiger partial charge in [-0.1, -0.05) is 230 Å². The zero-order valence-corrected chi connectivity index (χ0v) is 40.4. The zero-order valence-electron chi connectivity index (χ0n) is 40.4. The van der Waals surface area contributed by atoms with Crippen LogP contribution >= 0.6 is 0 Å². The number of carbonyl (C=O) groups excluding carboxylic acids is 3. The van der Waals surface area contributed by atoms with Gasteiger partial charge in [-0.3, -0.25) is 14.4 Å². The van der Waals surface area contributed by atoms with E-state index in [1.165, 1.54) is 134 Å². The molecule has 0 aromatic heterocycles. The second kappa shape index (κ2) is 41.6. The van der Waals surface area contributed by atoms with Crippen molar-refractivity contribution in [3.63, 3.8) is 0 Å². The molecule has 7 heteroatoms. The van der Waals surface area contributed by atoms with Gasteiger partial charge in [-0.25, -0.2) is 0 Å². The predicted molar refractivity (Wildman–Crippen MR) is 255 cm³/mol. The summed E-state index contributed by atoms with van der Waals surface area (Å²) >= 11 is 0. The monoisotopic (exact) mass is 857 g/mol. The molecule has 0 radical (unpaired) electrons. The molecule has 0 fully saturated rings. The van der Waals surface area contributed by atoms with Gasteiger partial charge in [0.25, 0.3) is 0 Å². The van der Waals surface area contributed by atoms with Gasteiger partial charge in [-0.15, -0.1) is 0 Å². The van der Waals surface area contributed by atoms with E-state index >= 15 is 0 Å². The van der Waals surface area contributed by atoms with Crippen LogP contribution < -0.4 is 0 Å². The van der Waals surface area contributed by atoms with Crippen molar-refractivity contribution in [2.24, 2.45) is 5.41 Å². The predicted octanol–water partition coefficient (Wildman–Crippen LogP) is 15.9. The zero-order chi connectivity index (χ0) is 44.3. The number of rotatable bonds is 45. The first-order valence-corrected chi connectivity index (χ1v) is 25.9. The van der Waals surface area contributed by atoms with Gasteiger partial charge in [0, 0.05) is 19.4 Å². The first-order chi connectivity index (χ1) is 29.8. The number of carbonyl (C=O) groups is 3. The average Bonchev–Trinajstić information content (AvgIpc) is 3.26. The molecule has 354 valence electrons. The number of benzene rings is 1. The highest BCUT2D eigenvalue weighted by molar-refractivity contribution is 5.76. The van der Waals surface area contributed by atoms with Gasteiger partial charge in [0.2, 0.25) is 0 Å². The Morgan fingerprint density at radius 1 is 0.475 bits per heavy atom. The molecular weight excluding hydrogens is 761 g/mol. The van der Waals surface area contributed by atoms with Gasteiger partial charge in [0.05, 0.1) is 12.0 Å². The normalized spacial score (nSPS) is 11.6. The van der Waals surface area contributed by atoms with Crippen molar-refractivity contribution in [2.45, 2.75) is 265 Å². The van der Waals surface area contributed by atoms with Crippen LogP contribution in [-0.4, -0.2) is 43.8 Å². The Bertz CT molecular complexity index is 1090. The topological polar surface area (TPSA) is 88.1 Å². The Kier molecular flexibility index (Phi) is 38.6. The van der Waals surface area contributed by atoms with Crippen LogP contribution in [0.15, 0.2) is 30.3 Å². The van der Waals surface area contributed by atoms with E-state index in [1.54, 1.807) is 0 Å². The van der Waals surface area contributed by atoms with E-state index in [2.05, 4.69) is 26.0 Å². The molecule has 1 rings (SSSR count). The first-order valence-electron chi connectivity index (χ1n) is 25.9. The molecule has 0 aliphatic heterocycles. The molecule has 0 saturated carbocycles. The Balaban J connectivity index is 2.37. The van der Waals surface area contributed by atoms with Crippen molar-refractivity contribution in [2.75, 3.05) is 19.8 Å². The summed E-state index contributed by atoms with van der Waals surface area (Å²) in [6.07, 6.45) is 39.5. The second-order valence-corrected chi connectivity index (χ2v) is 18.7. The molecule has 7 nitrogen and oxygen atoms in total. The number of unbranched alkanes of at least 4 members (excludes halogenated alkanes) is 29. The number of ether oxygens (including phenoxy) is 4. The molecule has 0 aliphatic carbocycles. The fourth-order valence-electron chi connectivity index (χ4n) is 7.86. The molecule has 0 saturated heterocycles. The molecule has 0 unspecified atom stereocenters. The summed E-state index contributed by atoms with van der Waals surface area (Å²) in [5.41, 5.74) is 0.512. The summed E-state index contributed by atoms with van der Waals surface area (Å²) < 4.78 is 22.9. The maximum atomic E-state index is 13.4. The van der Waals surface area contributed by atoms with Crippen molar-refractivity contribution >= 4 is 17.9 Å². The molecule has 1 aromatic rings. The third kappa shape index (κ3) is 36.7.